The number of ether oxygens (including phenoxy) is 2. The smallest absolute Gasteiger partial charge is 0.175 e. The number of halogens is 1. The van der Waals surface area contributed by atoms with Crippen LogP contribution in [0.1, 0.15) is 19.4 Å². The Morgan fingerprint density at radius 1 is 1.35 bits per heavy atom. The molecule has 1 aromatic rings. The van der Waals surface area contributed by atoms with Gasteiger partial charge >= 0.3 is 0 Å². The van der Waals surface area contributed by atoms with Crippen molar-refractivity contribution in [2.24, 2.45) is 11.3 Å². The second-order valence-electron chi connectivity index (χ2n) is 4.96. The predicted octanol–water partition coefficient (Wildman–Crippen LogP) is 2.64. The highest BCUT2D eigenvalue weighted by molar-refractivity contribution is 9.10. The fraction of sp³-hybridized carbons (Fsp3) is 0.500. The SMILES string of the molecule is CC1(C)COc2cc(CON)cc(Br)c2OC1. The number of nitrogens with two attached hydrogens (primary N) is 1. The van der Waals surface area contributed by atoms with Crippen LogP contribution in [0.2, 0.25) is 0 Å². The molecule has 1 heterocycles. The van der Waals surface area contributed by atoms with Crippen LogP contribution >= 0.6 is 15.9 Å². The molecule has 0 saturated carbocycles. The van der Waals surface area contributed by atoms with Gasteiger partial charge in [-0.2, -0.15) is 0 Å². The van der Waals surface area contributed by atoms with Crippen LogP contribution in [0.25, 0.3) is 0 Å². The van der Waals surface area contributed by atoms with E-state index in [1.54, 1.807) is 0 Å². The minimum atomic E-state index is 0.00297. The van der Waals surface area contributed by atoms with Gasteiger partial charge in [-0.15, -0.1) is 0 Å². The fourth-order valence-corrected chi connectivity index (χ4v) is 2.23. The van der Waals surface area contributed by atoms with Gasteiger partial charge < -0.3 is 9.47 Å². The lowest BCUT2D eigenvalue weighted by atomic mass is 9.97. The van der Waals surface area contributed by atoms with E-state index in [0.717, 1.165) is 21.5 Å². The molecule has 94 valence electrons. The summed E-state index contributed by atoms with van der Waals surface area (Å²) in [5, 5.41) is 0. The highest BCUT2D eigenvalue weighted by Crippen LogP contribution is 2.40. The maximum Gasteiger partial charge on any atom is 0.175 e. The van der Waals surface area contributed by atoms with E-state index in [9.17, 15) is 0 Å². The Morgan fingerprint density at radius 2 is 2.06 bits per heavy atom. The van der Waals surface area contributed by atoms with E-state index >= 15 is 0 Å². The van der Waals surface area contributed by atoms with Gasteiger partial charge in [0.2, 0.25) is 0 Å². The van der Waals surface area contributed by atoms with E-state index in [2.05, 4.69) is 34.6 Å². The van der Waals surface area contributed by atoms with Crippen LogP contribution in [-0.4, -0.2) is 13.2 Å². The quantitative estimate of drug-likeness (QED) is 0.853. The first-order chi connectivity index (χ1) is 8.02. The highest BCUT2D eigenvalue weighted by atomic mass is 79.9. The van der Waals surface area contributed by atoms with E-state index in [4.69, 9.17) is 15.4 Å². The van der Waals surface area contributed by atoms with Gasteiger partial charge in [-0.05, 0) is 33.6 Å². The molecule has 2 rings (SSSR count). The largest absolute Gasteiger partial charge is 0.489 e. The molecule has 17 heavy (non-hydrogen) atoms. The Hall–Kier alpha value is -0.780. The van der Waals surface area contributed by atoms with Crippen LogP contribution < -0.4 is 15.4 Å². The molecule has 0 radical (unpaired) electrons. The van der Waals surface area contributed by atoms with Crippen molar-refractivity contribution in [3.8, 4) is 11.5 Å². The highest BCUT2D eigenvalue weighted by Gasteiger charge is 2.26. The minimum absolute atomic E-state index is 0.00297. The monoisotopic (exact) mass is 301 g/mol. The molecule has 1 aliphatic rings. The third kappa shape index (κ3) is 2.91. The summed E-state index contributed by atoms with van der Waals surface area (Å²) in [7, 11) is 0. The predicted molar refractivity (Wildman–Crippen MR) is 67.9 cm³/mol. The summed E-state index contributed by atoms with van der Waals surface area (Å²) >= 11 is 3.47. The van der Waals surface area contributed by atoms with Crippen molar-refractivity contribution >= 4 is 15.9 Å². The van der Waals surface area contributed by atoms with E-state index in [-0.39, 0.29) is 5.41 Å². The number of rotatable bonds is 2. The summed E-state index contributed by atoms with van der Waals surface area (Å²) in [5.74, 6) is 6.55. The standard InChI is InChI=1S/C12H16BrNO3/c1-12(2)6-15-10-4-8(5-17-14)3-9(13)11(10)16-7-12/h3-4H,5-7,14H2,1-2H3. The molecule has 1 aromatic carbocycles. The van der Waals surface area contributed by atoms with Crippen LogP contribution in [0.15, 0.2) is 16.6 Å². The minimum Gasteiger partial charge on any atom is -0.489 e. The molecule has 0 saturated heterocycles. The van der Waals surface area contributed by atoms with Crippen molar-refractivity contribution in [3.63, 3.8) is 0 Å². The summed E-state index contributed by atoms with van der Waals surface area (Å²) in [6.45, 7) is 5.82. The Balaban J connectivity index is 2.32. The molecule has 0 aromatic heterocycles. The number of hydrogen-bond donors (Lipinski definition) is 1. The summed E-state index contributed by atoms with van der Waals surface area (Å²) in [4.78, 5) is 4.63. The molecule has 5 heteroatoms. The van der Waals surface area contributed by atoms with Crippen LogP contribution in [0.3, 0.4) is 0 Å². The van der Waals surface area contributed by atoms with Crippen molar-refractivity contribution in [2.75, 3.05) is 13.2 Å². The molecule has 0 spiro atoms. The maximum absolute atomic E-state index is 5.78. The first kappa shape index (κ1) is 12.7. The van der Waals surface area contributed by atoms with Crippen molar-refractivity contribution < 1.29 is 14.3 Å². The van der Waals surface area contributed by atoms with E-state index in [1.165, 1.54) is 0 Å². The second kappa shape index (κ2) is 4.84. The lowest BCUT2D eigenvalue weighted by Crippen LogP contribution is -2.26. The van der Waals surface area contributed by atoms with Gasteiger partial charge in [-0.25, -0.2) is 5.90 Å². The van der Waals surface area contributed by atoms with Gasteiger partial charge in [0, 0.05) is 5.41 Å². The van der Waals surface area contributed by atoms with Crippen molar-refractivity contribution in [1.29, 1.82) is 0 Å². The third-order valence-electron chi connectivity index (χ3n) is 2.54. The summed E-state index contributed by atoms with van der Waals surface area (Å²) in [5.41, 5.74) is 0.949. The fourth-order valence-electron chi connectivity index (χ4n) is 1.63. The zero-order valence-electron chi connectivity index (χ0n) is 9.96. The molecular weight excluding hydrogens is 286 g/mol. The maximum atomic E-state index is 5.78. The van der Waals surface area contributed by atoms with Crippen molar-refractivity contribution in [2.45, 2.75) is 20.5 Å². The number of benzene rings is 1. The first-order valence-electron chi connectivity index (χ1n) is 5.41. The summed E-state index contributed by atoms with van der Waals surface area (Å²) in [6, 6.07) is 3.82. The van der Waals surface area contributed by atoms with Crippen molar-refractivity contribution in [3.05, 3.63) is 22.2 Å². The molecule has 0 fully saturated rings. The Kier molecular flexibility index (Phi) is 3.61. The van der Waals surface area contributed by atoms with Crippen LogP contribution in [-0.2, 0) is 11.4 Å². The van der Waals surface area contributed by atoms with E-state index < -0.39 is 0 Å². The van der Waals surface area contributed by atoms with Gasteiger partial charge in [-0.1, -0.05) is 13.8 Å². The molecule has 0 unspecified atom stereocenters. The average Bonchev–Trinajstić information content (AvgIpc) is 2.39. The number of hydrogen-bond acceptors (Lipinski definition) is 4. The van der Waals surface area contributed by atoms with Gasteiger partial charge in [0.05, 0.1) is 24.3 Å². The molecule has 0 aliphatic carbocycles. The zero-order chi connectivity index (χ0) is 12.5. The van der Waals surface area contributed by atoms with Crippen molar-refractivity contribution in [1.82, 2.24) is 0 Å². The Labute approximate surface area is 109 Å². The van der Waals surface area contributed by atoms with E-state index in [0.29, 0.717) is 19.8 Å². The van der Waals surface area contributed by atoms with Gasteiger partial charge in [0.25, 0.3) is 0 Å². The third-order valence-corrected chi connectivity index (χ3v) is 3.13. The lowest BCUT2D eigenvalue weighted by molar-refractivity contribution is 0.123. The zero-order valence-corrected chi connectivity index (χ0v) is 11.5. The van der Waals surface area contributed by atoms with Gasteiger partial charge in [0.1, 0.15) is 0 Å². The average molecular weight is 302 g/mol. The first-order valence-corrected chi connectivity index (χ1v) is 6.21. The van der Waals surface area contributed by atoms with Gasteiger partial charge in [0.15, 0.2) is 11.5 Å². The topological polar surface area (TPSA) is 53.7 Å². The Morgan fingerprint density at radius 3 is 2.76 bits per heavy atom. The molecule has 0 bridgehead atoms. The molecule has 0 atom stereocenters. The van der Waals surface area contributed by atoms with Gasteiger partial charge in [-0.3, -0.25) is 4.84 Å². The molecule has 2 N–H and O–H groups in total. The summed E-state index contributed by atoms with van der Waals surface area (Å²) in [6.07, 6.45) is 0. The molecular formula is C12H16BrNO3. The van der Waals surface area contributed by atoms with Crippen LogP contribution in [0.4, 0.5) is 0 Å². The van der Waals surface area contributed by atoms with Crippen LogP contribution in [0, 0.1) is 5.41 Å². The Bertz CT molecular complexity index is 420. The summed E-state index contributed by atoms with van der Waals surface area (Å²) < 4.78 is 12.4. The second-order valence-corrected chi connectivity index (χ2v) is 5.81. The molecule has 4 nitrogen and oxygen atoms in total. The molecule has 0 amide bonds. The van der Waals surface area contributed by atoms with E-state index in [1.807, 2.05) is 12.1 Å². The normalized spacial score (nSPS) is 17.6. The molecule has 1 aliphatic heterocycles. The number of fused-ring (bicyclic) bond motifs is 1. The lowest BCUT2D eigenvalue weighted by Gasteiger charge is -2.19. The van der Waals surface area contributed by atoms with Crippen LogP contribution in [0.5, 0.6) is 11.5 Å².